The van der Waals surface area contributed by atoms with Crippen LogP contribution in [0.15, 0.2) is 51.9 Å². The van der Waals surface area contributed by atoms with Crippen molar-refractivity contribution in [1.82, 2.24) is 10.3 Å². The van der Waals surface area contributed by atoms with Crippen molar-refractivity contribution in [2.75, 3.05) is 13.2 Å². The number of carbonyl (C=O) groups is 1. The van der Waals surface area contributed by atoms with Crippen LogP contribution in [0, 0.1) is 0 Å². The second kappa shape index (κ2) is 8.87. The van der Waals surface area contributed by atoms with Crippen LogP contribution >= 0.6 is 11.3 Å². The van der Waals surface area contributed by atoms with E-state index in [0.717, 1.165) is 15.8 Å². The number of hydrogen-bond donors (Lipinski definition) is 2. The predicted molar refractivity (Wildman–Crippen MR) is 121 cm³/mol. The van der Waals surface area contributed by atoms with Crippen molar-refractivity contribution in [2.45, 2.75) is 26.4 Å². The van der Waals surface area contributed by atoms with E-state index in [1.807, 2.05) is 31.2 Å². The van der Waals surface area contributed by atoms with E-state index in [1.165, 1.54) is 17.6 Å². The molecule has 0 saturated carbocycles. The van der Waals surface area contributed by atoms with Gasteiger partial charge in [-0.15, -0.1) is 11.3 Å². The molecule has 1 unspecified atom stereocenters. The Balaban J connectivity index is 1.72. The van der Waals surface area contributed by atoms with Crippen LogP contribution in [0.1, 0.15) is 19.4 Å². The van der Waals surface area contributed by atoms with Gasteiger partial charge in [0.05, 0.1) is 27.8 Å². The van der Waals surface area contributed by atoms with Gasteiger partial charge < -0.3 is 19.6 Å². The van der Waals surface area contributed by atoms with Crippen molar-refractivity contribution in [3.8, 4) is 16.3 Å². The number of hydrogen-bond acceptors (Lipinski definition) is 7. The minimum atomic E-state index is -0.761. The van der Waals surface area contributed by atoms with Gasteiger partial charge >= 0.3 is 0 Å². The molecule has 1 atom stereocenters. The Morgan fingerprint density at radius 2 is 2.13 bits per heavy atom. The number of ether oxygens (including phenoxy) is 1. The molecule has 8 heteroatoms. The first kappa shape index (κ1) is 21.0. The summed E-state index contributed by atoms with van der Waals surface area (Å²) < 4.78 is 12.6. The molecular weight excluding hydrogens is 416 g/mol. The maximum Gasteiger partial charge on any atom is 0.260 e. The van der Waals surface area contributed by atoms with Gasteiger partial charge in [0.25, 0.3) is 5.91 Å². The van der Waals surface area contributed by atoms with Crippen molar-refractivity contribution in [3.05, 3.63) is 58.4 Å². The number of aromatic nitrogens is 1. The average molecular weight is 439 g/mol. The molecule has 1 amide bonds. The normalized spacial score (nSPS) is 12.2. The van der Waals surface area contributed by atoms with Crippen LogP contribution < -0.4 is 15.5 Å². The SMILES string of the molecule is CCc1cc2c(=O)c(-c3nc4ccccc4s3)coc2cc1OC(C)C(=O)NCCO. The second-order valence-corrected chi connectivity index (χ2v) is 8.08. The third-order valence-electron chi connectivity index (χ3n) is 4.94. The van der Waals surface area contributed by atoms with E-state index < -0.39 is 6.10 Å². The summed E-state index contributed by atoms with van der Waals surface area (Å²) in [6, 6.07) is 11.1. The van der Waals surface area contributed by atoms with Gasteiger partial charge in [0, 0.05) is 12.6 Å². The predicted octanol–water partition coefficient (Wildman–Crippen LogP) is 3.51. The molecule has 2 N–H and O–H groups in total. The summed E-state index contributed by atoms with van der Waals surface area (Å²) in [4.78, 5) is 29.9. The quantitative estimate of drug-likeness (QED) is 0.458. The van der Waals surface area contributed by atoms with Crippen LogP contribution in [0.4, 0.5) is 0 Å². The van der Waals surface area contributed by atoms with E-state index >= 15 is 0 Å². The van der Waals surface area contributed by atoms with Crippen molar-refractivity contribution < 1.29 is 19.1 Å². The molecule has 31 heavy (non-hydrogen) atoms. The lowest BCUT2D eigenvalue weighted by Gasteiger charge is -2.17. The number of nitrogens with zero attached hydrogens (tertiary/aromatic N) is 1. The number of aliphatic hydroxyl groups excluding tert-OH is 1. The molecule has 0 aliphatic heterocycles. The van der Waals surface area contributed by atoms with Crippen LogP contribution in [0.2, 0.25) is 0 Å². The summed E-state index contributed by atoms with van der Waals surface area (Å²) in [6.07, 6.45) is 1.28. The molecule has 0 aliphatic rings. The smallest absolute Gasteiger partial charge is 0.260 e. The molecule has 4 aromatic rings. The number of aryl methyl sites for hydroxylation is 1. The monoisotopic (exact) mass is 438 g/mol. The molecule has 2 aromatic heterocycles. The van der Waals surface area contributed by atoms with Gasteiger partial charge in [-0.2, -0.15) is 0 Å². The number of aliphatic hydroxyl groups is 1. The van der Waals surface area contributed by atoms with Crippen LogP contribution in [0.3, 0.4) is 0 Å². The topological polar surface area (TPSA) is 102 Å². The zero-order valence-corrected chi connectivity index (χ0v) is 18.0. The van der Waals surface area contributed by atoms with Gasteiger partial charge in [-0.3, -0.25) is 9.59 Å². The highest BCUT2D eigenvalue weighted by atomic mass is 32.1. The third kappa shape index (κ3) is 4.17. The van der Waals surface area contributed by atoms with Gasteiger partial charge in [0.2, 0.25) is 5.43 Å². The number of carbonyl (C=O) groups excluding carboxylic acids is 1. The van der Waals surface area contributed by atoms with Crippen molar-refractivity contribution >= 4 is 38.4 Å². The largest absolute Gasteiger partial charge is 0.480 e. The zero-order valence-electron chi connectivity index (χ0n) is 17.2. The summed E-state index contributed by atoms with van der Waals surface area (Å²) in [7, 11) is 0. The highest BCUT2D eigenvalue weighted by Crippen LogP contribution is 2.31. The van der Waals surface area contributed by atoms with E-state index in [-0.39, 0.29) is 24.5 Å². The number of rotatable bonds is 7. The van der Waals surface area contributed by atoms with Crippen molar-refractivity contribution in [2.24, 2.45) is 0 Å². The van der Waals surface area contributed by atoms with Gasteiger partial charge in [-0.05, 0) is 37.1 Å². The molecule has 7 nitrogen and oxygen atoms in total. The highest BCUT2D eigenvalue weighted by molar-refractivity contribution is 7.21. The number of thiazole rings is 1. The molecule has 0 bridgehead atoms. The molecular formula is C23H22N2O5S. The van der Waals surface area contributed by atoms with Crippen LogP contribution in [-0.4, -0.2) is 35.3 Å². The zero-order chi connectivity index (χ0) is 22.0. The third-order valence-corrected chi connectivity index (χ3v) is 6.01. The number of amides is 1. The van der Waals surface area contributed by atoms with E-state index in [0.29, 0.717) is 33.7 Å². The molecule has 0 aliphatic carbocycles. The maximum absolute atomic E-state index is 13.2. The number of para-hydroxylation sites is 1. The number of benzene rings is 2. The first-order chi connectivity index (χ1) is 15.0. The minimum Gasteiger partial charge on any atom is -0.480 e. The van der Waals surface area contributed by atoms with E-state index in [4.69, 9.17) is 14.3 Å². The molecule has 0 spiro atoms. The summed E-state index contributed by atoms with van der Waals surface area (Å²) in [5.41, 5.74) is 2.28. The Labute approximate surface area is 182 Å². The Morgan fingerprint density at radius 1 is 1.32 bits per heavy atom. The van der Waals surface area contributed by atoms with Crippen molar-refractivity contribution in [3.63, 3.8) is 0 Å². The Kier molecular flexibility index (Phi) is 6.01. The first-order valence-electron chi connectivity index (χ1n) is 10.0. The fourth-order valence-corrected chi connectivity index (χ4v) is 4.26. The van der Waals surface area contributed by atoms with Crippen LogP contribution in [0.25, 0.3) is 31.8 Å². The molecule has 0 fully saturated rings. The minimum absolute atomic E-state index is 0.142. The first-order valence-corrected chi connectivity index (χ1v) is 10.8. The lowest BCUT2D eigenvalue weighted by Crippen LogP contribution is -2.37. The van der Waals surface area contributed by atoms with E-state index in [2.05, 4.69) is 10.3 Å². The molecule has 2 heterocycles. The van der Waals surface area contributed by atoms with Crippen molar-refractivity contribution in [1.29, 1.82) is 0 Å². The molecule has 160 valence electrons. The average Bonchev–Trinajstić information content (AvgIpc) is 3.21. The van der Waals surface area contributed by atoms with Crippen LogP contribution in [-0.2, 0) is 11.2 Å². The Hall–Kier alpha value is -3.23. The number of fused-ring (bicyclic) bond motifs is 2. The van der Waals surface area contributed by atoms with E-state index in [1.54, 1.807) is 19.1 Å². The lowest BCUT2D eigenvalue weighted by molar-refractivity contribution is -0.127. The summed E-state index contributed by atoms with van der Waals surface area (Å²) in [5.74, 6) is 0.154. The van der Waals surface area contributed by atoms with E-state index in [9.17, 15) is 9.59 Å². The van der Waals surface area contributed by atoms with Gasteiger partial charge in [0.15, 0.2) is 6.10 Å². The molecule has 2 aromatic carbocycles. The van der Waals surface area contributed by atoms with Crippen LogP contribution in [0.5, 0.6) is 5.75 Å². The molecule has 4 rings (SSSR count). The lowest BCUT2D eigenvalue weighted by atomic mass is 10.1. The standard InChI is InChI=1S/C23H22N2O5S/c1-3-14-10-15-19(11-18(14)30-13(2)22(28)24-8-9-26)29-12-16(21(15)27)23-25-17-6-4-5-7-20(17)31-23/h4-7,10-13,26H,3,8-9H2,1-2H3,(H,24,28). The summed E-state index contributed by atoms with van der Waals surface area (Å²) in [5, 5.41) is 12.5. The summed E-state index contributed by atoms with van der Waals surface area (Å²) in [6.45, 7) is 3.59. The summed E-state index contributed by atoms with van der Waals surface area (Å²) >= 11 is 1.45. The fraction of sp³-hybridized carbons (Fsp3) is 0.261. The second-order valence-electron chi connectivity index (χ2n) is 7.05. The highest BCUT2D eigenvalue weighted by Gasteiger charge is 2.19. The fourth-order valence-electron chi connectivity index (χ4n) is 3.29. The van der Waals surface area contributed by atoms with Gasteiger partial charge in [-0.25, -0.2) is 4.98 Å². The molecule has 0 radical (unpaired) electrons. The maximum atomic E-state index is 13.2. The van der Waals surface area contributed by atoms with Gasteiger partial charge in [0.1, 0.15) is 22.6 Å². The Bertz CT molecular complexity index is 1280. The molecule has 0 saturated heterocycles. The number of nitrogens with one attached hydrogen (secondary N) is 1. The van der Waals surface area contributed by atoms with Gasteiger partial charge in [-0.1, -0.05) is 19.1 Å². The Morgan fingerprint density at radius 3 is 2.87 bits per heavy atom.